The van der Waals surface area contributed by atoms with Crippen molar-refractivity contribution < 1.29 is 88.5 Å². The number of hydrogen-bond donors (Lipinski definition) is 10. The van der Waals surface area contributed by atoms with Crippen LogP contribution in [0, 0.1) is 0 Å². The number of carboxylic acids is 2. The zero-order valence-electron chi connectivity index (χ0n) is 27.2. The Kier molecular flexibility index (Phi) is 18.7. The number of amides is 2. The summed E-state index contributed by atoms with van der Waals surface area (Å²) in [5, 5.41) is 82.5. The summed E-state index contributed by atoms with van der Waals surface area (Å²) in [5.41, 5.74) is 0. The molecule has 0 radical (unpaired) electrons. The minimum absolute atomic E-state index is 0.00247. The van der Waals surface area contributed by atoms with Gasteiger partial charge in [-0.2, -0.15) is 0 Å². The van der Waals surface area contributed by atoms with Crippen LogP contribution in [0.4, 0.5) is 0 Å². The fourth-order valence-corrected chi connectivity index (χ4v) is 4.84. The Morgan fingerprint density at radius 1 is 0.633 bits per heavy atom. The topological polar surface area (TPSA) is 313 Å². The molecular weight excluding hydrogens is 666 g/mol. The second-order valence-corrected chi connectivity index (χ2v) is 11.4. The average Bonchev–Trinajstić information content (AvgIpc) is 3.04. The second kappa shape index (κ2) is 21.5. The van der Waals surface area contributed by atoms with Gasteiger partial charge in [-0.05, 0) is 13.8 Å². The van der Waals surface area contributed by atoms with Crippen LogP contribution in [-0.2, 0) is 47.6 Å². The molecule has 0 aromatic carbocycles. The molecule has 284 valence electrons. The van der Waals surface area contributed by atoms with Crippen molar-refractivity contribution in [2.24, 2.45) is 0 Å². The van der Waals surface area contributed by atoms with E-state index in [4.69, 9.17) is 28.4 Å². The van der Waals surface area contributed by atoms with Gasteiger partial charge in [-0.25, -0.2) is 0 Å². The lowest BCUT2D eigenvalue weighted by molar-refractivity contribution is -0.294. The summed E-state index contributed by atoms with van der Waals surface area (Å²) in [6, 6.07) is -1.48. The molecular formula is C28H49N3O18. The van der Waals surface area contributed by atoms with Crippen molar-refractivity contribution in [1.82, 2.24) is 15.5 Å². The molecule has 0 spiro atoms. The van der Waals surface area contributed by atoms with Crippen LogP contribution < -0.4 is 10.6 Å². The van der Waals surface area contributed by atoms with Gasteiger partial charge in [0.05, 0.1) is 77.4 Å². The van der Waals surface area contributed by atoms with Gasteiger partial charge in [0.1, 0.15) is 36.6 Å². The third-order valence-electron chi connectivity index (χ3n) is 7.55. The maximum atomic E-state index is 13.0. The molecule has 10 N–H and O–H groups in total. The van der Waals surface area contributed by atoms with Gasteiger partial charge in [-0.3, -0.25) is 24.1 Å². The van der Waals surface area contributed by atoms with Crippen molar-refractivity contribution in [3.63, 3.8) is 0 Å². The molecule has 2 saturated heterocycles. The summed E-state index contributed by atoms with van der Waals surface area (Å²) in [7, 11) is 0. The molecule has 0 unspecified atom stereocenters. The number of aliphatic carboxylic acids is 2. The SMILES string of the molecule is C[C@@H]1O[C@@H](OCCOCCNC(=O)C[C@@H](C(=O)NCCOCCO[C@@H]2O[C@@H](C)[C@H](O)[C@@H](O)[C@H]2O)N(CC(=O)O)CC(=O)O)[C@H](O)[C@H](O)[C@H]1O. The molecule has 0 saturated carbocycles. The lowest BCUT2D eigenvalue weighted by atomic mass is 10.0. The van der Waals surface area contributed by atoms with E-state index in [0.717, 1.165) is 4.90 Å². The Bertz CT molecular complexity index is 1020. The summed E-state index contributed by atoms with van der Waals surface area (Å²) in [4.78, 5) is 49.2. The van der Waals surface area contributed by atoms with Crippen LogP contribution in [0.25, 0.3) is 0 Å². The first kappa shape index (κ1) is 42.5. The minimum Gasteiger partial charge on any atom is -0.480 e. The Labute approximate surface area is 281 Å². The first-order chi connectivity index (χ1) is 23.1. The molecule has 49 heavy (non-hydrogen) atoms. The summed E-state index contributed by atoms with van der Waals surface area (Å²) in [6.45, 7) is 0.932. The standard InChI is InChI=1S/C28H49N3O18/c1-14-20(37)22(39)24(41)27(48-14)46-9-7-44-5-3-29-17(32)11-16(31(12-18(33)34)13-19(35)36)26(43)30-4-6-45-8-10-47-28-25(42)23(40)21(38)15(2)49-28/h14-16,20-25,27-28,37-42H,3-13H2,1-2H3,(H,29,32)(H,30,43)(H,33,34)(H,35,36)/t14-,15-,16-,20-,21-,22+,23+,24+,25+,27+,28+/m0/s1. The van der Waals surface area contributed by atoms with E-state index in [0.29, 0.717) is 0 Å². The predicted octanol–water partition coefficient (Wildman–Crippen LogP) is -5.83. The number of aliphatic hydroxyl groups excluding tert-OH is 6. The summed E-state index contributed by atoms with van der Waals surface area (Å²) < 4.78 is 32.0. The highest BCUT2D eigenvalue weighted by atomic mass is 16.7. The molecule has 2 heterocycles. The minimum atomic E-state index is -1.48. The van der Waals surface area contributed by atoms with Crippen LogP contribution in [0.1, 0.15) is 20.3 Å². The Hall–Kier alpha value is -2.64. The second-order valence-electron chi connectivity index (χ2n) is 11.4. The van der Waals surface area contributed by atoms with Crippen LogP contribution >= 0.6 is 0 Å². The smallest absolute Gasteiger partial charge is 0.317 e. The number of nitrogens with zero attached hydrogens (tertiary/aromatic N) is 1. The number of aliphatic hydroxyl groups is 6. The Morgan fingerprint density at radius 3 is 1.49 bits per heavy atom. The molecule has 2 amide bonds. The molecule has 11 atom stereocenters. The van der Waals surface area contributed by atoms with E-state index >= 15 is 0 Å². The monoisotopic (exact) mass is 715 g/mol. The van der Waals surface area contributed by atoms with Gasteiger partial charge in [-0.15, -0.1) is 0 Å². The highest BCUT2D eigenvalue weighted by Gasteiger charge is 2.43. The van der Waals surface area contributed by atoms with E-state index in [2.05, 4.69) is 10.6 Å². The van der Waals surface area contributed by atoms with Crippen LogP contribution in [0.2, 0.25) is 0 Å². The van der Waals surface area contributed by atoms with Crippen molar-refractivity contribution in [2.45, 2.75) is 87.7 Å². The number of carbonyl (C=O) groups excluding carboxylic acids is 2. The number of ether oxygens (including phenoxy) is 6. The van der Waals surface area contributed by atoms with Crippen LogP contribution in [-0.4, -0.2) is 203 Å². The van der Waals surface area contributed by atoms with Gasteiger partial charge in [0.15, 0.2) is 12.6 Å². The molecule has 2 fully saturated rings. The number of carboxylic acid groups (broad SMARTS) is 2. The molecule has 2 aliphatic rings. The maximum Gasteiger partial charge on any atom is 0.317 e. The quantitative estimate of drug-likeness (QED) is 0.0467. The number of rotatable bonds is 22. The lowest BCUT2D eigenvalue weighted by Gasteiger charge is -2.38. The summed E-state index contributed by atoms with van der Waals surface area (Å²) in [5.74, 6) is -4.37. The maximum absolute atomic E-state index is 13.0. The van der Waals surface area contributed by atoms with Gasteiger partial charge in [0.25, 0.3) is 0 Å². The van der Waals surface area contributed by atoms with E-state index < -0.39 is 111 Å². The molecule has 0 aromatic heterocycles. The van der Waals surface area contributed by atoms with E-state index in [1.165, 1.54) is 13.8 Å². The van der Waals surface area contributed by atoms with Crippen molar-refractivity contribution in [3.8, 4) is 0 Å². The van der Waals surface area contributed by atoms with Crippen LogP contribution in [0.5, 0.6) is 0 Å². The normalized spacial score (nSPS) is 30.9. The Morgan fingerprint density at radius 2 is 1.06 bits per heavy atom. The fourth-order valence-electron chi connectivity index (χ4n) is 4.84. The first-order valence-electron chi connectivity index (χ1n) is 15.6. The summed E-state index contributed by atoms with van der Waals surface area (Å²) >= 11 is 0. The van der Waals surface area contributed by atoms with Crippen molar-refractivity contribution >= 4 is 23.8 Å². The van der Waals surface area contributed by atoms with Gasteiger partial charge >= 0.3 is 11.9 Å². The first-order valence-corrected chi connectivity index (χ1v) is 15.6. The van der Waals surface area contributed by atoms with Gasteiger partial charge in [0.2, 0.25) is 11.8 Å². The molecule has 0 aliphatic carbocycles. The molecule has 0 bridgehead atoms. The third kappa shape index (κ3) is 14.3. The molecule has 21 nitrogen and oxygen atoms in total. The van der Waals surface area contributed by atoms with Crippen LogP contribution in [0.15, 0.2) is 0 Å². The van der Waals surface area contributed by atoms with E-state index in [1.807, 2.05) is 0 Å². The zero-order chi connectivity index (χ0) is 36.7. The predicted molar refractivity (Wildman–Crippen MR) is 160 cm³/mol. The largest absolute Gasteiger partial charge is 0.480 e. The van der Waals surface area contributed by atoms with E-state index in [1.54, 1.807) is 0 Å². The van der Waals surface area contributed by atoms with E-state index in [9.17, 15) is 60.0 Å². The molecule has 21 heteroatoms. The van der Waals surface area contributed by atoms with Crippen molar-refractivity contribution in [1.29, 1.82) is 0 Å². The summed E-state index contributed by atoms with van der Waals surface area (Å²) in [6.07, 6.45) is -13.0. The molecule has 0 aromatic rings. The number of hydrogen-bond acceptors (Lipinski definition) is 17. The van der Waals surface area contributed by atoms with Gasteiger partial charge < -0.3 is 79.9 Å². The molecule has 2 rings (SSSR count). The van der Waals surface area contributed by atoms with Gasteiger partial charge in [0, 0.05) is 13.1 Å². The average molecular weight is 716 g/mol. The highest BCUT2D eigenvalue weighted by molar-refractivity contribution is 5.89. The lowest BCUT2D eigenvalue weighted by Crippen LogP contribution is -2.57. The Balaban J connectivity index is 1.75. The van der Waals surface area contributed by atoms with Crippen LogP contribution in [0.3, 0.4) is 0 Å². The zero-order valence-corrected chi connectivity index (χ0v) is 27.2. The number of nitrogens with one attached hydrogen (secondary N) is 2. The third-order valence-corrected chi connectivity index (χ3v) is 7.55. The highest BCUT2D eigenvalue weighted by Crippen LogP contribution is 2.22. The van der Waals surface area contributed by atoms with Crippen molar-refractivity contribution in [2.75, 3.05) is 65.8 Å². The fraction of sp³-hybridized carbons (Fsp3) is 0.857. The molecule has 2 aliphatic heterocycles. The van der Waals surface area contributed by atoms with Gasteiger partial charge in [-0.1, -0.05) is 0 Å². The van der Waals surface area contributed by atoms with Crippen molar-refractivity contribution in [3.05, 3.63) is 0 Å². The van der Waals surface area contributed by atoms with E-state index in [-0.39, 0.29) is 52.7 Å². The number of carbonyl (C=O) groups is 4.